The number of rotatable bonds is 4. The van der Waals surface area contributed by atoms with Crippen LogP contribution in [0.5, 0.6) is 0 Å². The molecule has 2 aromatic rings. The van der Waals surface area contributed by atoms with Crippen molar-refractivity contribution in [1.82, 2.24) is 15.0 Å². The van der Waals surface area contributed by atoms with Crippen molar-refractivity contribution in [2.24, 2.45) is 0 Å². The molecule has 0 amide bonds. The lowest BCUT2D eigenvalue weighted by Crippen LogP contribution is -2.10. The summed E-state index contributed by atoms with van der Waals surface area (Å²) in [6.45, 7) is 2.63. The fourth-order valence-electron chi connectivity index (χ4n) is 1.75. The fraction of sp³-hybridized carbons (Fsp3) is 0.333. The van der Waals surface area contributed by atoms with Crippen LogP contribution in [-0.2, 0) is 6.54 Å². The number of hydrogen-bond acceptors (Lipinski definition) is 3. The average molecular weight is 270 g/mol. The van der Waals surface area contributed by atoms with Crippen molar-refractivity contribution in [1.29, 1.82) is 0 Å². The quantitative estimate of drug-likeness (QED) is 0.928. The van der Waals surface area contributed by atoms with E-state index in [0.717, 1.165) is 6.42 Å². The van der Waals surface area contributed by atoms with Crippen LogP contribution < -0.4 is 0 Å². The minimum Gasteiger partial charge on any atom is -0.382 e. The second-order valence-electron chi connectivity index (χ2n) is 3.93. The Hall–Kier alpha value is -1.46. The lowest BCUT2D eigenvalue weighted by Gasteiger charge is -2.14. The Bertz CT molecular complexity index is 544. The van der Waals surface area contributed by atoms with Crippen LogP contribution in [-0.4, -0.2) is 20.1 Å². The zero-order valence-corrected chi connectivity index (χ0v) is 10.6. The highest BCUT2D eigenvalue weighted by molar-refractivity contribution is 6.31. The molecule has 1 aromatic carbocycles. The number of aliphatic hydroxyl groups is 1. The molecule has 0 aliphatic heterocycles. The van der Waals surface area contributed by atoms with Crippen molar-refractivity contribution < 1.29 is 9.50 Å². The zero-order chi connectivity index (χ0) is 13.1. The van der Waals surface area contributed by atoms with Gasteiger partial charge in [0.25, 0.3) is 0 Å². The molecule has 0 aliphatic rings. The third-order valence-electron chi connectivity index (χ3n) is 2.64. The molecule has 2 rings (SSSR count). The molecule has 0 aliphatic carbocycles. The van der Waals surface area contributed by atoms with Crippen molar-refractivity contribution in [3.63, 3.8) is 0 Å². The van der Waals surface area contributed by atoms with Crippen LogP contribution in [0, 0.1) is 5.82 Å². The van der Waals surface area contributed by atoms with E-state index in [4.69, 9.17) is 11.6 Å². The van der Waals surface area contributed by atoms with Crippen LogP contribution in [0.1, 0.15) is 30.7 Å². The van der Waals surface area contributed by atoms with E-state index in [9.17, 15) is 9.50 Å². The number of aromatic nitrogens is 3. The SMILES string of the molecule is CCCn1nncc1C(O)c1cccc(F)c1Cl. The van der Waals surface area contributed by atoms with Gasteiger partial charge in [-0.1, -0.05) is 35.9 Å². The molecule has 18 heavy (non-hydrogen) atoms. The highest BCUT2D eigenvalue weighted by atomic mass is 35.5. The molecular formula is C12H13ClFN3O. The Morgan fingerprint density at radius 1 is 1.50 bits per heavy atom. The van der Waals surface area contributed by atoms with E-state index in [1.807, 2.05) is 6.92 Å². The summed E-state index contributed by atoms with van der Waals surface area (Å²) >= 11 is 5.85. The standard InChI is InChI=1S/C12H13ClFN3O/c1-2-6-17-10(7-15-16-17)12(18)8-4-3-5-9(14)11(8)13/h3-5,7,12,18H,2,6H2,1H3. The molecule has 4 nitrogen and oxygen atoms in total. The molecule has 1 heterocycles. The van der Waals surface area contributed by atoms with E-state index >= 15 is 0 Å². The van der Waals surface area contributed by atoms with Crippen molar-refractivity contribution in [2.75, 3.05) is 0 Å². The average Bonchev–Trinajstić information content (AvgIpc) is 2.80. The van der Waals surface area contributed by atoms with Gasteiger partial charge >= 0.3 is 0 Å². The summed E-state index contributed by atoms with van der Waals surface area (Å²) in [5.41, 5.74) is 0.820. The van der Waals surface area contributed by atoms with Gasteiger partial charge in [-0.15, -0.1) is 5.10 Å². The molecule has 1 atom stereocenters. The highest BCUT2D eigenvalue weighted by Crippen LogP contribution is 2.29. The molecule has 6 heteroatoms. The first-order chi connectivity index (χ1) is 8.65. The van der Waals surface area contributed by atoms with Gasteiger partial charge in [0.1, 0.15) is 11.9 Å². The number of halogens is 2. The number of benzene rings is 1. The Morgan fingerprint density at radius 2 is 2.28 bits per heavy atom. The largest absolute Gasteiger partial charge is 0.382 e. The topological polar surface area (TPSA) is 50.9 Å². The van der Waals surface area contributed by atoms with E-state index in [1.165, 1.54) is 18.3 Å². The maximum absolute atomic E-state index is 13.3. The van der Waals surface area contributed by atoms with Gasteiger partial charge in [-0.3, -0.25) is 0 Å². The fourth-order valence-corrected chi connectivity index (χ4v) is 1.98. The van der Waals surface area contributed by atoms with Gasteiger partial charge in [0, 0.05) is 12.1 Å². The third kappa shape index (κ3) is 2.37. The molecule has 0 spiro atoms. The summed E-state index contributed by atoms with van der Waals surface area (Å²) < 4.78 is 14.9. The minimum absolute atomic E-state index is 0.0748. The Labute approximate surface area is 109 Å². The van der Waals surface area contributed by atoms with Gasteiger partial charge in [-0.05, 0) is 12.5 Å². The van der Waals surface area contributed by atoms with Gasteiger partial charge in [-0.2, -0.15) is 0 Å². The normalized spacial score (nSPS) is 12.7. The third-order valence-corrected chi connectivity index (χ3v) is 3.04. The number of nitrogens with zero attached hydrogens (tertiary/aromatic N) is 3. The van der Waals surface area contributed by atoms with E-state index in [-0.39, 0.29) is 5.02 Å². The van der Waals surface area contributed by atoms with Crippen molar-refractivity contribution >= 4 is 11.6 Å². The van der Waals surface area contributed by atoms with E-state index < -0.39 is 11.9 Å². The first-order valence-corrected chi connectivity index (χ1v) is 6.03. The van der Waals surface area contributed by atoms with Gasteiger partial charge in [0.15, 0.2) is 0 Å². The second kappa shape index (κ2) is 5.46. The lowest BCUT2D eigenvalue weighted by molar-refractivity contribution is 0.207. The molecule has 1 aromatic heterocycles. The monoisotopic (exact) mass is 269 g/mol. The van der Waals surface area contributed by atoms with Crippen LogP contribution >= 0.6 is 11.6 Å². The van der Waals surface area contributed by atoms with Crippen LogP contribution in [0.4, 0.5) is 4.39 Å². The van der Waals surface area contributed by atoms with Crippen LogP contribution in [0.2, 0.25) is 5.02 Å². The van der Waals surface area contributed by atoms with E-state index in [2.05, 4.69) is 10.3 Å². The van der Waals surface area contributed by atoms with Crippen LogP contribution in [0.15, 0.2) is 24.4 Å². The Balaban J connectivity index is 2.38. The molecule has 1 N–H and O–H groups in total. The molecular weight excluding hydrogens is 257 g/mol. The van der Waals surface area contributed by atoms with Crippen LogP contribution in [0.25, 0.3) is 0 Å². The number of aliphatic hydroxyl groups excluding tert-OH is 1. The molecule has 0 saturated carbocycles. The molecule has 0 radical (unpaired) electrons. The summed E-state index contributed by atoms with van der Waals surface area (Å²) in [6, 6.07) is 4.34. The van der Waals surface area contributed by atoms with Gasteiger partial charge in [-0.25, -0.2) is 9.07 Å². The molecule has 0 bridgehead atoms. The molecule has 0 fully saturated rings. The molecule has 96 valence electrons. The van der Waals surface area contributed by atoms with Crippen molar-refractivity contribution in [3.05, 3.63) is 46.5 Å². The summed E-state index contributed by atoms with van der Waals surface area (Å²) in [4.78, 5) is 0. The van der Waals surface area contributed by atoms with E-state index in [0.29, 0.717) is 17.8 Å². The summed E-state index contributed by atoms with van der Waals surface area (Å²) in [7, 11) is 0. The minimum atomic E-state index is -1.03. The predicted octanol–water partition coefficient (Wildman–Crippen LogP) is 2.56. The van der Waals surface area contributed by atoms with Gasteiger partial charge in [0.2, 0.25) is 0 Å². The van der Waals surface area contributed by atoms with Crippen molar-refractivity contribution in [3.8, 4) is 0 Å². The lowest BCUT2D eigenvalue weighted by atomic mass is 10.1. The number of hydrogen-bond donors (Lipinski definition) is 1. The zero-order valence-electron chi connectivity index (χ0n) is 9.85. The first-order valence-electron chi connectivity index (χ1n) is 5.65. The highest BCUT2D eigenvalue weighted by Gasteiger charge is 2.20. The Morgan fingerprint density at radius 3 is 3.00 bits per heavy atom. The summed E-state index contributed by atoms with van der Waals surface area (Å²) in [5, 5.41) is 17.8. The number of aryl methyl sites for hydroxylation is 1. The summed E-state index contributed by atoms with van der Waals surface area (Å²) in [6.07, 6.45) is 1.29. The molecule has 0 saturated heterocycles. The van der Waals surface area contributed by atoms with Gasteiger partial charge in [0.05, 0.1) is 16.9 Å². The predicted molar refractivity (Wildman–Crippen MR) is 65.8 cm³/mol. The maximum atomic E-state index is 13.3. The van der Waals surface area contributed by atoms with E-state index in [1.54, 1.807) is 10.7 Å². The van der Waals surface area contributed by atoms with Crippen LogP contribution in [0.3, 0.4) is 0 Å². The first kappa shape index (κ1) is 13.0. The maximum Gasteiger partial charge on any atom is 0.142 e. The van der Waals surface area contributed by atoms with Gasteiger partial charge < -0.3 is 5.11 Å². The smallest absolute Gasteiger partial charge is 0.142 e. The Kier molecular flexibility index (Phi) is 3.93. The van der Waals surface area contributed by atoms with Crippen molar-refractivity contribution in [2.45, 2.75) is 26.0 Å². The second-order valence-corrected chi connectivity index (χ2v) is 4.31. The summed E-state index contributed by atoms with van der Waals surface area (Å²) in [5.74, 6) is -0.553. The molecule has 1 unspecified atom stereocenters.